The normalized spacial score (nSPS) is 12.3. The second kappa shape index (κ2) is 6.40. The molecule has 0 saturated carbocycles. The van der Waals surface area contributed by atoms with E-state index in [0.717, 1.165) is 24.2 Å². The van der Waals surface area contributed by atoms with Crippen LogP contribution in [-0.2, 0) is 11.3 Å². The monoisotopic (exact) mass is 276 g/mol. The molecule has 1 aromatic rings. The minimum atomic E-state index is -0.0357. The zero-order chi connectivity index (χ0) is 15.4. The van der Waals surface area contributed by atoms with Gasteiger partial charge in [0.1, 0.15) is 0 Å². The Hall–Kier alpha value is -1.35. The Balaban J connectivity index is 2.72. The van der Waals surface area contributed by atoms with Gasteiger partial charge in [0.2, 0.25) is 5.91 Å². The van der Waals surface area contributed by atoms with Crippen molar-refractivity contribution in [2.24, 2.45) is 5.41 Å². The number of nitrogens with one attached hydrogen (secondary N) is 2. The van der Waals surface area contributed by atoms with Crippen LogP contribution in [0.1, 0.15) is 53.5 Å². The van der Waals surface area contributed by atoms with Gasteiger partial charge < -0.3 is 10.6 Å². The van der Waals surface area contributed by atoms with Crippen LogP contribution in [-0.4, -0.2) is 11.4 Å². The van der Waals surface area contributed by atoms with Gasteiger partial charge in [-0.1, -0.05) is 39.0 Å². The molecular formula is C17H28N2O. The molecule has 3 heteroatoms. The van der Waals surface area contributed by atoms with Crippen molar-refractivity contribution in [3.8, 4) is 0 Å². The predicted molar refractivity (Wildman–Crippen MR) is 85.7 cm³/mol. The van der Waals surface area contributed by atoms with Gasteiger partial charge in [0, 0.05) is 24.7 Å². The van der Waals surface area contributed by atoms with Crippen LogP contribution >= 0.6 is 0 Å². The average Bonchev–Trinajstić information content (AvgIpc) is 2.24. The first-order valence-corrected chi connectivity index (χ1v) is 7.20. The highest BCUT2D eigenvalue weighted by Crippen LogP contribution is 2.27. The smallest absolute Gasteiger partial charge is 0.221 e. The van der Waals surface area contributed by atoms with Crippen molar-refractivity contribution in [3.63, 3.8) is 0 Å². The second-order valence-corrected chi connectivity index (χ2v) is 7.31. The third kappa shape index (κ3) is 6.20. The molecule has 0 fully saturated rings. The van der Waals surface area contributed by atoms with E-state index in [9.17, 15) is 4.79 Å². The minimum Gasteiger partial charge on any atom is -0.326 e. The van der Waals surface area contributed by atoms with E-state index in [1.165, 1.54) is 6.92 Å². The third-order valence-electron chi connectivity index (χ3n) is 3.06. The fourth-order valence-corrected chi connectivity index (χ4v) is 2.71. The van der Waals surface area contributed by atoms with E-state index < -0.39 is 0 Å². The van der Waals surface area contributed by atoms with Crippen LogP contribution in [0.25, 0.3) is 0 Å². The summed E-state index contributed by atoms with van der Waals surface area (Å²) in [6.45, 7) is 13.5. The molecule has 0 aliphatic rings. The van der Waals surface area contributed by atoms with Gasteiger partial charge >= 0.3 is 0 Å². The van der Waals surface area contributed by atoms with Crippen LogP contribution < -0.4 is 10.6 Å². The summed E-state index contributed by atoms with van der Waals surface area (Å²) in [5.74, 6) is -0.0357. The summed E-state index contributed by atoms with van der Waals surface area (Å²) < 4.78 is 0. The van der Waals surface area contributed by atoms with Gasteiger partial charge in [-0.05, 0) is 37.3 Å². The molecule has 1 rings (SSSR count). The minimum absolute atomic E-state index is 0.0357. The third-order valence-corrected chi connectivity index (χ3v) is 3.06. The first kappa shape index (κ1) is 16.7. The second-order valence-electron chi connectivity index (χ2n) is 7.31. The molecule has 0 saturated heterocycles. The van der Waals surface area contributed by atoms with Crippen LogP contribution in [0.3, 0.4) is 0 Å². The molecule has 0 unspecified atom stereocenters. The van der Waals surface area contributed by atoms with Gasteiger partial charge in [-0.15, -0.1) is 0 Å². The Labute approximate surface area is 123 Å². The molecule has 0 aliphatic heterocycles. The fourth-order valence-electron chi connectivity index (χ4n) is 2.71. The average molecular weight is 276 g/mol. The molecule has 2 N–H and O–H groups in total. The van der Waals surface area contributed by atoms with E-state index in [1.54, 1.807) is 0 Å². The number of hydrogen-bond donors (Lipinski definition) is 2. The lowest BCUT2D eigenvalue weighted by Crippen LogP contribution is -2.41. The van der Waals surface area contributed by atoms with Gasteiger partial charge in [0.25, 0.3) is 0 Å². The number of hydrogen-bond acceptors (Lipinski definition) is 2. The van der Waals surface area contributed by atoms with Crippen LogP contribution in [0, 0.1) is 5.41 Å². The lowest BCUT2D eigenvalue weighted by atomic mass is 9.81. The van der Waals surface area contributed by atoms with Crippen molar-refractivity contribution in [3.05, 3.63) is 29.8 Å². The van der Waals surface area contributed by atoms with Crippen LogP contribution in [0.15, 0.2) is 24.3 Å². The molecule has 3 nitrogen and oxygen atoms in total. The highest BCUT2D eigenvalue weighted by atomic mass is 16.1. The lowest BCUT2D eigenvalue weighted by Gasteiger charge is -2.33. The van der Waals surface area contributed by atoms with E-state index >= 15 is 0 Å². The standard InChI is InChI=1S/C17H28N2O/c1-13(20)19-15-10-8-7-9-14(15)11-18-17(5,6)12-16(2,3)4/h7-10,18H,11-12H2,1-6H3,(H,19,20). The molecule has 1 aromatic carbocycles. The molecule has 1 amide bonds. The highest BCUT2D eigenvalue weighted by molar-refractivity contribution is 5.89. The molecule has 0 aliphatic carbocycles. The zero-order valence-corrected chi connectivity index (χ0v) is 13.6. The SMILES string of the molecule is CC(=O)Nc1ccccc1CNC(C)(C)CC(C)(C)C. The first-order chi connectivity index (χ1) is 9.09. The molecule has 112 valence electrons. The van der Waals surface area contributed by atoms with Crippen molar-refractivity contribution >= 4 is 11.6 Å². The number of carbonyl (C=O) groups is 1. The van der Waals surface area contributed by atoms with Crippen molar-refractivity contribution in [2.75, 3.05) is 5.32 Å². The molecule has 0 spiro atoms. The quantitative estimate of drug-likeness (QED) is 0.855. The summed E-state index contributed by atoms with van der Waals surface area (Å²) >= 11 is 0. The maximum absolute atomic E-state index is 11.2. The van der Waals surface area contributed by atoms with Crippen LogP contribution in [0.5, 0.6) is 0 Å². The van der Waals surface area contributed by atoms with Crippen LogP contribution in [0.2, 0.25) is 0 Å². The number of benzene rings is 1. The van der Waals surface area contributed by atoms with E-state index in [2.05, 4.69) is 45.3 Å². The number of anilines is 1. The summed E-state index contributed by atoms with van der Waals surface area (Å²) in [5.41, 5.74) is 2.35. The van der Waals surface area contributed by atoms with Crippen molar-refractivity contribution < 1.29 is 4.79 Å². The number of carbonyl (C=O) groups excluding carboxylic acids is 1. The van der Waals surface area contributed by atoms with Gasteiger partial charge in [-0.3, -0.25) is 4.79 Å². The molecule has 0 radical (unpaired) electrons. The maximum Gasteiger partial charge on any atom is 0.221 e. The van der Waals surface area contributed by atoms with E-state index in [0.29, 0.717) is 0 Å². The van der Waals surface area contributed by atoms with Crippen molar-refractivity contribution in [1.82, 2.24) is 5.32 Å². The number of rotatable bonds is 5. The first-order valence-electron chi connectivity index (χ1n) is 7.20. The van der Waals surface area contributed by atoms with E-state index in [4.69, 9.17) is 0 Å². The predicted octanol–water partition coefficient (Wildman–Crippen LogP) is 3.95. The van der Waals surface area contributed by atoms with Gasteiger partial charge in [0.05, 0.1) is 0 Å². The topological polar surface area (TPSA) is 41.1 Å². The number of amides is 1. The summed E-state index contributed by atoms with van der Waals surface area (Å²) in [7, 11) is 0. The van der Waals surface area contributed by atoms with Crippen molar-refractivity contribution in [1.29, 1.82) is 0 Å². The summed E-state index contributed by atoms with van der Waals surface area (Å²) in [5, 5.41) is 6.47. The summed E-state index contributed by atoms with van der Waals surface area (Å²) in [6, 6.07) is 7.93. The Morgan fingerprint density at radius 2 is 1.70 bits per heavy atom. The molecule has 0 aromatic heterocycles. The molecular weight excluding hydrogens is 248 g/mol. The summed E-state index contributed by atoms with van der Waals surface area (Å²) in [6.07, 6.45) is 1.09. The number of para-hydroxylation sites is 1. The molecule has 0 atom stereocenters. The fraction of sp³-hybridized carbons (Fsp3) is 0.588. The van der Waals surface area contributed by atoms with Crippen LogP contribution in [0.4, 0.5) is 5.69 Å². The largest absolute Gasteiger partial charge is 0.326 e. The van der Waals surface area contributed by atoms with E-state index in [1.807, 2.05) is 24.3 Å². The Morgan fingerprint density at radius 3 is 2.25 bits per heavy atom. The highest BCUT2D eigenvalue weighted by Gasteiger charge is 2.24. The lowest BCUT2D eigenvalue weighted by molar-refractivity contribution is -0.114. The Bertz CT molecular complexity index is 458. The van der Waals surface area contributed by atoms with Gasteiger partial charge in [0.15, 0.2) is 0 Å². The molecule has 20 heavy (non-hydrogen) atoms. The molecule has 0 bridgehead atoms. The zero-order valence-electron chi connectivity index (χ0n) is 13.6. The Kier molecular flexibility index (Phi) is 5.35. The molecule has 0 heterocycles. The van der Waals surface area contributed by atoms with Crippen molar-refractivity contribution in [2.45, 2.75) is 60.0 Å². The van der Waals surface area contributed by atoms with E-state index in [-0.39, 0.29) is 16.9 Å². The maximum atomic E-state index is 11.2. The van der Waals surface area contributed by atoms with Gasteiger partial charge in [-0.25, -0.2) is 0 Å². The Morgan fingerprint density at radius 1 is 1.10 bits per heavy atom. The van der Waals surface area contributed by atoms with Gasteiger partial charge in [-0.2, -0.15) is 0 Å². The summed E-state index contributed by atoms with van der Waals surface area (Å²) in [4.78, 5) is 11.2.